The average Bonchev–Trinajstić information content (AvgIpc) is 3.00. The molecule has 1 aromatic heterocycles. The number of hydrogen-bond acceptors (Lipinski definition) is 7. The van der Waals surface area contributed by atoms with Gasteiger partial charge in [-0.1, -0.05) is 18.2 Å². The summed E-state index contributed by atoms with van der Waals surface area (Å²) in [5.74, 6) is 0.813. The minimum atomic E-state index is -0.605. The summed E-state index contributed by atoms with van der Waals surface area (Å²) in [6.45, 7) is 6.26. The number of nitrogens with zero attached hydrogens (tertiary/aromatic N) is 3. The molecule has 6 nitrogen and oxygen atoms in total. The molecule has 8 heteroatoms. The van der Waals surface area contributed by atoms with Crippen LogP contribution in [0.15, 0.2) is 40.7 Å². The third-order valence-corrected chi connectivity index (χ3v) is 6.74. The molecule has 0 radical (unpaired) electrons. The molecule has 3 N–H and O–H groups in total. The van der Waals surface area contributed by atoms with Gasteiger partial charge in [-0.2, -0.15) is 0 Å². The number of guanidine groups is 1. The molecular formula is C17H21N5OS2. The third kappa shape index (κ3) is 3.23. The maximum atomic E-state index is 12.5. The van der Waals surface area contributed by atoms with Crippen LogP contribution in [0.25, 0.3) is 0 Å². The van der Waals surface area contributed by atoms with E-state index >= 15 is 0 Å². The molecule has 0 saturated carbocycles. The molecule has 132 valence electrons. The lowest BCUT2D eigenvalue weighted by Gasteiger charge is -2.46. The molecule has 0 aliphatic carbocycles. The monoisotopic (exact) mass is 375 g/mol. The fraction of sp³-hybridized carbons (Fsp3) is 0.353. The second-order valence-corrected chi connectivity index (χ2v) is 9.11. The third-order valence-electron chi connectivity index (χ3n) is 4.36. The number of benzene rings is 1. The number of aromatic nitrogens is 1. The summed E-state index contributed by atoms with van der Waals surface area (Å²) in [6, 6.07) is 9.10. The Morgan fingerprint density at radius 1 is 1.24 bits per heavy atom. The second-order valence-electron chi connectivity index (χ2n) is 6.50. The van der Waals surface area contributed by atoms with E-state index in [-0.39, 0.29) is 10.7 Å². The number of hydrogen-bond donors (Lipinski definition) is 2. The molecule has 1 amide bonds. The van der Waals surface area contributed by atoms with E-state index in [1.165, 1.54) is 11.3 Å². The van der Waals surface area contributed by atoms with Crippen LogP contribution in [0.1, 0.15) is 36.1 Å². The molecule has 1 aliphatic heterocycles. The number of thiazole rings is 1. The number of carbonyl (C=O) groups is 1. The Bertz CT molecular complexity index is 817. The number of carbonyl (C=O) groups excluding carboxylic acids is 1. The largest absolute Gasteiger partial charge is 0.383 e. The van der Waals surface area contributed by atoms with Crippen molar-refractivity contribution in [3.05, 3.63) is 46.3 Å². The number of nitrogens with one attached hydrogen (secondary N) is 1. The van der Waals surface area contributed by atoms with Gasteiger partial charge in [-0.05, 0) is 44.9 Å². The summed E-state index contributed by atoms with van der Waals surface area (Å²) in [6.07, 6.45) is 0. The van der Waals surface area contributed by atoms with Crippen LogP contribution >= 0.6 is 23.3 Å². The van der Waals surface area contributed by atoms with Gasteiger partial charge in [0.2, 0.25) is 5.96 Å². The van der Waals surface area contributed by atoms with E-state index in [1.54, 1.807) is 24.1 Å². The van der Waals surface area contributed by atoms with Gasteiger partial charge in [-0.25, -0.2) is 9.98 Å². The number of nitrogen functional groups attached to an aromatic ring is 1. The van der Waals surface area contributed by atoms with Gasteiger partial charge >= 0.3 is 0 Å². The first-order chi connectivity index (χ1) is 11.7. The highest BCUT2D eigenvalue weighted by molar-refractivity contribution is 7.99. The van der Waals surface area contributed by atoms with Gasteiger partial charge in [0.25, 0.3) is 5.91 Å². The highest BCUT2D eigenvalue weighted by Gasteiger charge is 2.50. The molecular weight excluding hydrogens is 354 g/mol. The molecule has 1 aromatic carbocycles. The minimum absolute atomic E-state index is 0.187. The Hall–Kier alpha value is -2.06. The fourth-order valence-corrected chi connectivity index (χ4v) is 4.79. The molecule has 2 aromatic rings. The van der Waals surface area contributed by atoms with Crippen LogP contribution < -0.4 is 11.1 Å². The molecule has 1 aliphatic rings. The van der Waals surface area contributed by atoms with Gasteiger partial charge in [0.1, 0.15) is 16.4 Å². The summed E-state index contributed by atoms with van der Waals surface area (Å²) in [5.41, 5.74) is 5.80. The summed E-state index contributed by atoms with van der Waals surface area (Å²) in [7, 11) is 1.90. The van der Waals surface area contributed by atoms with Crippen molar-refractivity contribution in [2.75, 3.05) is 12.8 Å². The van der Waals surface area contributed by atoms with Gasteiger partial charge in [0, 0.05) is 18.0 Å². The lowest BCUT2D eigenvalue weighted by atomic mass is 9.88. The van der Waals surface area contributed by atoms with E-state index in [9.17, 15) is 4.79 Å². The minimum Gasteiger partial charge on any atom is -0.383 e. The van der Waals surface area contributed by atoms with Crippen molar-refractivity contribution in [2.45, 2.75) is 31.1 Å². The molecule has 0 saturated heterocycles. The van der Waals surface area contributed by atoms with Crippen LogP contribution in [-0.2, 0) is 5.54 Å². The summed E-state index contributed by atoms with van der Waals surface area (Å²) in [4.78, 5) is 21.8. The van der Waals surface area contributed by atoms with Gasteiger partial charge < -0.3 is 5.73 Å². The quantitative estimate of drug-likeness (QED) is 0.788. The lowest BCUT2D eigenvalue weighted by Crippen LogP contribution is -2.53. The summed E-state index contributed by atoms with van der Waals surface area (Å²) in [5, 5.41) is 5.57. The van der Waals surface area contributed by atoms with Crippen molar-refractivity contribution >= 4 is 41.0 Å². The van der Waals surface area contributed by atoms with Crippen LogP contribution in [-0.4, -0.2) is 33.0 Å². The van der Waals surface area contributed by atoms with Gasteiger partial charge in [0.05, 0.1) is 4.75 Å². The first-order valence-electron chi connectivity index (χ1n) is 7.83. The molecule has 1 unspecified atom stereocenters. The molecule has 2 heterocycles. The molecule has 3 rings (SSSR count). The van der Waals surface area contributed by atoms with Gasteiger partial charge in [-0.3, -0.25) is 14.4 Å². The number of amides is 1. The van der Waals surface area contributed by atoms with E-state index in [1.807, 2.05) is 41.9 Å². The maximum Gasteiger partial charge on any atom is 0.257 e. The lowest BCUT2D eigenvalue weighted by molar-refractivity contribution is 0.0973. The number of aliphatic imine (C=N–C) groups is 1. The highest BCUT2D eigenvalue weighted by Crippen LogP contribution is 2.50. The van der Waals surface area contributed by atoms with Crippen LogP contribution in [0.5, 0.6) is 0 Å². The Labute approximate surface area is 155 Å². The predicted molar refractivity (Wildman–Crippen MR) is 105 cm³/mol. The molecule has 0 bridgehead atoms. The van der Waals surface area contributed by atoms with Crippen molar-refractivity contribution in [3.8, 4) is 0 Å². The van der Waals surface area contributed by atoms with Crippen LogP contribution in [0.2, 0.25) is 0 Å². The van der Waals surface area contributed by atoms with E-state index < -0.39 is 5.54 Å². The second kappa shape index (κ2) is 6.34. The van der Waals surface area contributed by atoms with Crippen molar-refractivity contribution in [1.82, 2.24) is 14.6 Å². The SMILES string of the molecule is CN1SC(C)(C)C(C)(c2nc(N)cs2)N=C1NC(=O)c1ccccc1. The Balaban J connectivity index is 1.97. The summed E-state index contributed by atoms with van der Waals surface area (Å²) < 4.78 is 1.63. The average molecular weight is 376 g/mol. The van der Waals surface area contributed by atoms with Gasteiger partial charge in [0.15, 0.2) is 0 Å². The van der Waals surface area contributed by atoms with Crippen molar-refractivity contribution in [2.24, 2.45) is 4.99 Å². The zero-order chi connectivity index (χ0) is 18.2. The normalized spacial score (nSPS) is 22.4. The molecule has 0 spiro atoms. The smallest absolute Gasteiger partial charge is 0.257 e. The number of anilines is 1. The van der Waals surface area contributed by atoms with Crippen molar-refractivity contribution < 1.29 is 4.79 Å². The number of nitrogens with two attached hydrogens (primary N) is 1. The van der Waals surface area contributed by atoms with Crippen LogP contribution in [0, 0.1) is 0 Å². The molecule has 0 fully saturated rings. The van der Waals surface area contributed by atoms with E-state index in [0.717, 1.165) is 5.01 Å². The van der Waals surface area contributed by atoms with Crippen molar-refractivity contribution in [1.29, 1.82) is 0 Å². The fourth-order valence-electron chi connectivity index (χ4n) is 2.58. The molecule has 1 atom stereocenters. The van der Waals surface area contributed by atoms with Crippen molar-refractivity contribution in [3.63, 3.8) is 0 Å². The Morgan fingerprint density at radius 2 is 1.92 bits per heavy atom. The highest BCUT2D eigenvalue weighted by atomic mass is 32.2. The van der Waals surface area contributed by atoms with Crippen LogP contribution in [0.3, 0.4) is 0 Å². The molecule has 25 heavy (non-hydrogen) atoms. The Morgan fingerprint density at radius 3 is 2.52 bits per heavy atom. The zero-order valence-electron chi connectivity index (χ0n) is 14.6. The standard InChI is InChI=1S/C17H21N5OS2/c1-16(2)17(3,14-19-12(18)10-24-14)21-15(22(4)25-16)20-13(23)11-8-6-5-7-9-11/h5-10H,18H2,1-4H3,(H,20,21,23). The summed E-state index contributed by atoms with van der Waals surface area (Å²) >= 11 is 3.10. The maximum absolute atomic E-state index is 12.5. The van der Waals surface area contributed by atoms with E-state index in [2.05, 4.69) is 24.1 Å². The van der Waals surface area contributed by atoms with Crippen LogP contribution in [0.4, 0.5) is 5.82 Å². The van der Waals surface area contributed by atoms with E-state index in [4.69, 9.17) is 10.7 Å². The zero-order valence-corrected chi connectivity index (χ0v) is 16.2. The number of rotatable bonds is 2. The van der Waals surface area contributed by atoms with Gasteiger partial charge in [-0.15, -0.1) is 11.3 Å². The predicted octanol–water partition coefficient (Wildman–Crippen LogP) is 3.10. The topological polar surface area (TPSA) is 83.6 Å². The first kappa shape index (κ1) is 17.8. The van der Waals surface area contributed by atoms with E-state index in [0.29, 0.717) is 17.3 Å². The first-order valence-corrected chi connectivity index (χ1v) is 9.49. The Kier molecular flexibility index (Phi) is 4.51.